The number of nitrogens with one attached hydrogen (secondary N) is 1. The highest BCUT2D eigenvalue weighted by atomic mass is 32.2. The van der Waals surface area contributed by atoms with E-state index in [0.717, 1.165) is 17.7 Å². The van der Waals surface area contributed by atoms with E-state index in [1.165, 1.54) is 22.8 Å². The predicted molar refractivity (Wildman–Crippen MR) is 104 cm³/mol. The van der Waals surface area contributed by atoms with Crippen molar-refractivity contribution < 1.29 is 27.0 Å². The molecule has 0 bridgehead atoms. The third kappa shape index (κ3) is 3.46. The number of fused-ring (bicyclic) bond motifs is 1. The van der Waals surface area contributed by atoms with E-state index in [4.69, 9.17) is 4.42 Å². The van der Waals surface area contributed by atoms with Crippen molar-refractivity contribution in [2.75, 3.05) is 7.05 Å². The summed E-state index contributed by atoms with van der Waals surface area (Å²) in [4.78, 5) is 31.1. The highest BCUT2D eigenvalue weighted by Crippen LogP contribution is 2.36. The maximum absolute atomic E-state index is 13.1. The number of aromatic nitrogens is 1. The molecule has 2 aliphatic carbocycles. The lowest BCUT2D eigenvalue weighted by molar-refractivity contribution is -0.406. The standard InChI is InChI=1S/C19H23N4O5S/c1-11-16(28-12(2)20-11)10-23-17(24)14-9-13(5-6-15(14)22(4)18(23)25)29(26,27)21-19(3)7-8-19/h5-6,9,14,21H,7-8,10H2,1-4H3/q+1. The Bertz CT molecular complexity index is 1120. The highest BCUT2D eigenvalue weighted by Gasteiger charge is 2.48. The normalized spacial score (nSPS) is 23.4. The van der Waals surface area contributed by atoms with Gasteiger partial charge in [-0.25, -0.2) is 22.9 Å². The fourth-order valence-corrected chi connectivity index (χ4v) is 5.04. The van der Waals surface area contributed by atoms with E-state index < -0.39 is 33.4 Å². The average molecular weight is 419 g/mol. The highest BCUT2D eigenvalue weighted by molar-refractivity contribution is 7.93. The summed E-state index contributed by atoms with van der Waals surface area (Å²) in [7, 11) is -2.20. The number of rotatable bonds is 5. The smallest absolute Gasteiger partial charge is 0.442 e. The van der Waals surface area contributed by atoms with Gasteiger partial charge in [0.15, 0.2) is 18.2 Å². The lowest BCUT2D eigenvalue weighted by Crippen LogP contribution is -2.53. The van der Waals surface area contributed by atoms with Crippen molar-refractivity contribution in [3.05, 3.63) is 40.5 Å². The van der Waals surface area contributed by atoms with Gasteiger partial charge in [0.1, 0.15) is 11.6 Å². The number of allylic oxidation sites excluding steroid dienone is 2. The second-order valence-corrected chi connectivity index (χ2v) is 9.66. The Balaban J connectivity index is 1.67. The second-order valence-electron chi connectivity index (χ2n) is 7.98. The number of amides is 3. The van der Waals surface area contributed by atoms with E-state index in [2.05, 4.69) is 9.71 Å². The molecule has 3 amide bonds. The Hall–Kier alpha value is -2.59. The quantitative estimate of drug-likeness (QED) is 0.722. The zero-order valence-corrected chi connectivity index (χ0v) is 17.5. The van der Waals surface area contributed by atoms with Crippen LogP contribution in [0.25, 0.3) is 0 Å². The number of imide groups is 1. The van der Waals surface area contributed by atoms with Crippen LogP contribution in [-0.4, -0.2) is 53.1 Å². The number of sulfonamides is 1. The molecule has 9 nitrogen and oxygen atoms in total. The van der Waals surface area contributed by atoms with Crippen LogP contribution in [0, 0.1) is 19.8 Å². The van der Waals surface area contributed by atoms with Crippen LogP contribution >= 0.6 is 0 Å². The number of carbonyl (C=O) groups is 2. The molecule has 0 spiro atoms. The van der Waals surface area contributed by atoms with Gasteiger partial charge in [0.2, 0.25) is 10.0 Å². The van der Waals surface area contributed by atoms with Gasteiger partial charge in [0, 0.05) is 12.5 Å². The number of oxazole rings is 1. The Morgan fingerprint density at radius 3 is 2.59 bits per heavy atom. The molecule has 1 aromatic rings. The molecule has 29 heavy (non-hydrogen) atoms. The summed E-state index contributed by atoms with van der Waals surface area (Å²) in [6.45, 7) is 5.21. The van der Waals surface area contributed by atoms with Gasteiger partial charge in [-0.05, 0) is 44.9 Å². The summed E-state index contributed by atoms with van der Waals surface area (Å²) in [6, 6.07) is -0.498. The molecular formula is C19H23N4O5S+. The molecule has 1 aromatic heterocycles. The molecule has 4 rings (SSSR count). The summed E-state index contributed by atoms with van der Waals surface area (Å²) in [6.07, 6.45) is 5.91. The van der Waals surface area contributed by atoms with E-state index in [-0.39, 0.29) is 11.4 Å². The van der Waals surface area contributed by atoms with Crippen LogP contribution in [0.4, 0.5) is 4.79 Å². The minimum absolute atomic E-state index is 0.0297. The Morgan fingerprint density at radius 2 is 2.00 bits per heavy atom. The molecular weight excluding hydrogens is 396 g/mol. The summed E-state index contributed by atoms with van der Waals surface area (Å²) < 4.78 is 35.0. The van der Waals surface area contributed by atoms with Crippen molar-refractivity contribution in [1.82, 2.24) is 14.6 Å². The zero-order valence-electron chi connectivity index (χ0n) is 16.7. The number of carbonyl (C=O) groups excluding carboxylic acids is 2. The summed E-state index contributed by atoms with van der Waals surface area (Å²) in [5, 5.41) is 0. The summed E-state index contributed by atoms with van der Waals surface area (Å²) >= 11 is 0. The molecule has 3 aliphatic rings. The third-order valence-electron chi connectivity index (χ3n) is 5.50. The van der Waals surface area contributed by atoms with Crippen molar-refractivity contribution in [1.29, 1.82) is 0 Å². The van der Waals surface area contributed by atoms with Crippen LogP contribution in [0.3, 0.4) is 0 Å². The van der Waals surface area contributed by atoms with Crippen LogP contribution < -0.4 is 4.72 Å². The molecule has 1 aliphatic heterocycles. The van der Waals surface area contributed by atoms with Crippen LogP contribution in [0.2, 0.25) is 0 Å². The van der Waals surface area contributed by atoms with Gasteiger partial charge < -0.3 is 4.42 Å². The number of hydrogen-bond acceptors (Lipinski definition) is 6. The van der Waals surface area contributed by atoms with E-state index in [0.29, 0.717) is 23.1 Å². The van der Waals surface area contributed by atoms with Crippen molar-refractivity contribution in [2.24, 2.45) is 5.92 Å². The molecule has 1 atom stereocenters. The summed E-state index contributed by atoms with van der Waals surface area (Å²) in [5.74, 6) is -0.493. The SMILES string of the molecule is Cc1nc(C)c(CN2C(=O)C3C=C(S(=O)(=O)NC4(C)CC4)C=CC3=[N+](C)C2=O)o1. The van der Waals surface area contributed by atoms with Crippen molar-refractivity contribution in [3.63, 3.8) is 0 Å². The molecule has 10 heteroatoms. The molecule has 0 radical (unpaired) electrons. The molecule has 154 valence electrons. The lowest BCUT2D eigenvalue weighted by atomic mass is 9.94. The fraction of sp³-hybridized carbons (Fsp3) is 0.474. The van der Waals surface area contributed by atoms with Crippen LogP contribution in [-0.2, 0) is 21.4 Å². The fourth-order valence-electron chi connectivity index (χ4n) is 3.51. The maximum atomic E-state index is 13.1. The summed E-state index contributed by atoms with van der Waals surface area (Å²) in [5.41, 5.74) is 0.622. The van der Waals surface area contributed by atoms with Crippen LogP contribution in [0.5, 0.6) is 0 Å². The largest absolute Gasteiger partial charge is 0.501 e. The third-order valence-corrected chi connectivity index (χ3v) is 7.15. The lowest BCUT2D eigenvalue weighted by Gasteiger charge is -2.26. The zero-order chi connectivity index (χ0) is 21.1. The molecule has 1 N–H and O–H groups in total. The van der Waals surface area contributed by atoms with E-state index in [1.807, 2.05) is 6.92 Å². The topological polar surface area (TPSA) is 113 Å². The average Bonchev–Trinajstić information content (AvgIpc) is 3.27. The monoisotopic (exact) mass is 419 g/mol. The first-order valence-electron chi connectivity index (χ1n) is 9.33. The van der Waals surface area contributed by atoms with Crippen molar-refractivity contribution in [2.45, 2.75) is 45.7 Å². The predicted octanol–water partition coefficient (Wildman–Crippen LogP) is 1.38. The first-order valence-corrected chi connectivity index (χ1v) is 10.8. The van der Waals surface area contributed by atoms with Crippen LogP contribution in [0.15, 0.2) is 27.6 Å². The first kappa shape index (κ1) is 19.7. The van der Waals surface area contributed by atoms with Gasteiger partial charge in [0.05, 0.1) is 17.6 Å². The van der Waals surface area contributed by atoms with Crippen molar-refractivity contribution in [3.8, 4) is 0 Å². The Kier molecular flexibility index (Phi) is 4.39. The first-order chi connectivity index (χ1) is 13.5. The second kappa shape index (κ2) is 6.46. The van der Waals surface area contributed by atoms with Gasteiger partial charge >= 0.3 is 11.9 Å². The van der Waals surface area contributed by atoms with Crippen LogP contribution in [0.1, 0.15) is 37.1 Å². The maximum Gasteiger partial charge on any atom is 0.501 e. The number of urea groups is 1. The van der Waals surface area contributed by atoms with Gasteiger partial charge in [-0.1, -0.05) is 0 Å². The Labute approximate surface area is 168 Å². The minimum atomic E-state index is -3.76. The number of aryl methyl sites for hydroxylation is 2. The van der Waals surface area contributed by atoms with Gasteiger partial charge in [-0.3, -0.25) is 0 Å². The van der Waals surface area contributed by atoms with Gasteiger partial charge in [-0.15, -0.1) is 0 Å². The minimum Gasteiger partial charge on any atom is -0.442 e. The number of nitrogens with zero attached hydrogens (tertiary/aromatic N) is 3. The molecule has 0 aromatic carbocycles. The van der Waals surface area contributed by atoms with E-state index >= 15 is 0 Å². The van der Waals surface area contributed by atoms with Crippen molar-refractivity contribution >= 4 is 27.7 Å². The van der Waals surface area contributed by atoms with Gasteiger partial charge in [0.25, 0.3) is 0 Å². The molecule has 2 heterocycles. The van der Waals surface area contributed by atoms with E-state index in [9.17, 15) is 18.0 Å². The molecule has 1 saturated carbocycles. The van der Waals surface area contributed by atoms with Gasteiger partial charge in [-0.2, -0.15) is 14.3 Å². The number of hydrogen-bond donors (Lipinski definition) is 1. The molecule has 1 unspecified atom stereocenters. The molecule has 0 saturated heterocycles. The Morgan fingerprint density at radius 1 is 1.31 bits per heavy atom. The molecule has 1 fully saturated rings. The van der Waals surface area contributed by atoms with E-state index in [1.54, 1.807) is 20.9 Å².